The first-order valence-electron chi connectivity index (χ1n) is 4.99. The molecule has 0 radical (unpaired) electrons. The number of hydrazine groups is 1. The Kier molecular flexibility index (Phi) is 6.78. The molecule has 0 saturated heterocycles. The predicted octanol–water partition coefficient (Wildman–Crippen LogP) is 0.443. The van der Waals surface area contributed by atoms with Crippen LogP contribution in [0.15, 0.2) is 0 Å². The van der Waals surface area contributed by atoms with Gasteiger partial charge in [0.1, 0.15) is 0 Å². The first-order chi connectivity index (χ1) is 6.49. The summed E-state index contributed by atoms with van der Waals surface area (Å²) in [6.07, 6.45) is 0. The molecule has 4 nitrogen and oxygen atoms in total. The molecule has 0 aromatic heterocycles. The Labute approximate surface area is 92.2 Å². The van der Waals surface area contributed by atoms with E-state index in [2.05, 4.69) is 43.3 Å². The summed E-state index contributed by atoms with van der Waals surface area (Å²) in [6.45, 7) is 10.6. The minimum absolute atomic E-state index is 0.498. The Morgan fingerprint density at radius 3 is 2.14 bits per heavy atom. The first kappa shape index (κ1) is 13.6. The third-order valence-corrected chi connectivity index (χ3v) is 2.38. The highest BCUT2D eigenvalue weighted by atomic mass is 32.1. The molecule has 0 atom stereocenters. The molecule has 0 saturated carbocycles. The monoisotopic (exact) mass is 218 g/mol. The van der Waals surface area contributed by atoms with Gasteiger partial charge in [-0.3, -0.25) is 4.90 Å². The molecule has 0 aliphatic heterocycles. The topological polar surface area (TPSA) is 53.3 Å². The van der Waals surface area contributed by atoms with Gasteiger partial charge in [-0.25, -0.2) is 5.84 Å². The van der Waals surface area contributed by atoms with Crippen molar-refractivity contribution in [1.82, 2.24) is 15.6 Å². The fraction of sp³-hybridized carbons (Fsp3) is 0.889. The van der Waals surface area contributed by atoms with Gasteiger partial charge < -0.3 is 10.7 Å². The Morgan fingerprint density at radius 2 is 1.79 bits per heavy atom. The number of nitrogens with one attached hydrogen (secondary N) is 2. The van der Waals surface area contributed by atoms with Crippen LogP contribution in [0.25, 0.3) is 0 Å². The number of nitrogens with zero attached hydrogens (tertiary/aromatic N) is 1. The summed E-state index contributed by atoms with van der Waals surface area (Å²) in [6, 6.07) is 1.10. The van der Waals surface area contributed by atoms with Crippen molar-refractivity contribution in [2.45, 2.75) is 39.8 Å². The van der Waals surface area contributed by atoms with E-state index in [9.17, 15) is 0 Å². The summed E-state index contributed by atoms with van der Waals surface area (Å²) in [5, 5.41) is 3.52. The van der Waals surface area contributed by atoms with Crippen LogP contribution < -0.4 is 16.6 Å². The van der Waals surface area contributed by atoms with Crippen LogP contribution in [0.1, 0.15) is 27.7 Å². The maximum atomic E-state index is 5.14. The van der Waals surface area contributed by atoms with Crippen molar-refractivity contribution >= 4 is 17.3 Å². The highest BCUT2D eigenvalue weighted by Gasteiger charge is 2.12. The molecule has 0 amide bonds. The Bertz CT molecular complexity index is 162. The standard InChI is InChI=1S/C9H22N4S/c1-7(2)13(8(3)4)6-5-11-9(14)12-10/h7-8H,5-6,10H2,1-4H3,(H2,11,12,14). The highest BCUT2D eigenvalue weighted by Crippen LogP contribution is 2.02. The summed E-state index contributed by atoms with van der Waals surface area (Å²) in [7, 11) is 0. The molecule has 14 heavy (non-hydrogen) atoms. The molecule has 4 N–H and O–H groups in total. The zero-order chi connectivity index (χ0) is 11.1. The molecule has 84 valence electrons. The maximum Gasteiger partial charge on any atom is 0.180 e. The van der Waals surface area contributed by atoms with Crippen molar-refractivity contribution in [3.63, 3.8) is 0 Å². The van der Waals surface area contributed by atoms with Crippen LogP contribution in [0.2, 0.25) is 0 Å². The minimum Gasteiger partial charge on any atom is -0.360 e. The molecular formula is C9H22N4S. The summed E-state index contributed by atoms with van der Waals surface area (Å²) in [5.74, 6) is 5.14. The fourth-order valence-electron chi connectivity index (χ4n) is 1.46. The molecular weight excluding hydrogens is 196 g/mol. The zero-order valence-electron chi connectivity index (χ0n) is 9.50. The van der Waals surface area contributed by atoms with Gasteiger partial charge in [-0.15, -0.1) is 0 Å². The smallest absolute Gasteiger partial charge is 0.180 e. The summed E-state index contributed by atoms with van der Waals surface area (Å²) in [4.78, 5) is 2.39. The maximum absolute atomic E-state index is 5.14. The van der Waals surface area contributed by atoms with Gasteiger partial charge in [-0.05, 0) is 39.9 Å². The minimum atomic E-state index is 0.498. The summed E-state index contributed by atoms with van der Waals surface area (Å²) >= 11 is 4.87. The SMILES string of the molecule is CC(C)N(CCNC(=S)NN)C(C)C. The van der Waals surface area contributed by atoms with Crippen molar-refractivity contribution in [2.24, 2.45) is 5.84 Å². The second-order valence-electron chi connectivity index (χ2n) is 3.83. The predicted molar refractivity (Wildman–Crippen MR) is 64.9 cm³/mol. The molecule has 0 heterocycles. The molecule has 0 unspecified atom stereocenters. The van der Waals surface area contributed by atoms with Crippen LogP contribution >= 0.6 is 12.2 Å². The zero-order valence-corrected chi connectivity index (χ0v) is 10.3. The average Bonchev–Trinajstić information content (AvgIpc) is 2.10. The van der Waals surface area contributed by atoms with Crippen LogP contribution in [-0.4, -0.2) is 35.2 Å². The van der Waals surface area contributed by atoms with E-state index in [1.165, 1.54) is 0 Å². The molecule has 0 aliphatic carbocycles. The van der Waals surface area contributed by atoms with E-state index in [0.717, 1.165) is 13.1 Å². The second kappa shape index (κ2) is 6.98. The van der Waals surface area contributed by atoms with E-state index in [0.29, 0.717) is 17.2 Å². The van der Waals surface area contributed by atoms with Gasteiger partial charge in [-0.2, -0.15) is 0 Å². The van der Waals surface area contributed by atoms with Crippen LogP contribution in [0, 0.1) is 0 Å². The second-order valence-corrected chi connectivity index (χ2v) is 4.23. The van der Waals surface area contributed by atoms with E-state index in [1.807, 2.05) is 0 Å². The third-order valence-electron chi connectivity index (χ3n) is 2.11. The number of thiocarbonyl (C=S) groups is 1. The highest BCUT2D eigenvalue weighted by molar-refractivity contribution is 7.80. The average molecular weight is 218 g/mol. The van der Waals surface area contributed by atoms with Crippen LogP contribution in [0.4, 0.5) is 0 Å². The lowest BCUT2D eigenvalue weighted by atomic mass is 10.2. The van der Waals surface area contributed by atoms with Crippen molar-refractivity contribution in [3.05, 3.63) is 0 Å². The Morgan fingerprint density at radius 1 is 1.29 bits per heavy atom. The molecule has 5 heteroatoms. The van der Waals surface area contributed by atoms with Crippen molar-refractivity contribution in [1.29, 1.82) is 0 Å². The van der Waals surface area contributed by atoms with Gasteiger partial charge in [0.05, 0.1) is 0 Å². The van der Waals surface area contributed by atoms with Gasteiger partial charge in [-0.1, -0.05) is 0 Å². The lowest BCUT2D eigenvalue weighted by molar-refractivity contribution is 0.178. The summed E-state index contributed by atoms with van der Waals surface area (Å²) in [5.41, 5.74) is 2.40. The van der Waals surface area contributed by atoms with Gasteiger partial charge in [0.2, 0.25) is 0 Å². The molecule has 0 fully saturated rings. The number of rotatable bonds is 5. The molecule has 0 spiro atoms. The van der Waals surface area contributed by atoms with Gasteiger partial charge in [0, 0.05) is 25.2 Å². The Balaban J connectivity index is 3.78. The van der Waals surface area contributed by atoms with E-state index >= 15 is 0 Å². The normalized spacial score (nSPS) is 11.1. The quantitative estimate of drug-likeness (QED) is 0.355. The number of nitrogens with two attached hydrogens (primary N) is 1. The van der Waals surface area contributed by atoms with Gasteiger partial charge in [0.15, 0.2) is 5.11 Å². The van der Waals surface area contributed by atoms with Crippen LogP contribution in [0.5, 0.6) is 0 Å². The van der Waals surface area contributed by atoms with Crippen LogP contribution in [-0.2, 0) is 0 Å². The van der Waals surface area contributed by atoms with E-state index in [1.54, 1.807) is 0 Å². The number of hydrogen-bond donors (Lipinski definition) is 3. The van der Waals surface area contributed by atoms with E-state index in [-0.39, 0.29) is 0 Å². The Hall–Kier alpha value is -0.390. The van der Waals surface area contributed by atoms with Crippen LogP contribution in [0.3, 0.4) is 0 Å². The van der Waals surface area contributed by atoms with Crippen molar-refractivity contribution < 1.29 is 0 Å². The van der Waals surface area contributed by atoms with Crippen molar-refractivity contribution in [3.8, 4) is 0 Å². The largest absolute Gasteiger partial charge is 0.360 e. The first-order valence-corrected chi connectivity index (χ1v) is 5.40. The number of hydrogen-bond acceptors (Lipinski definition) is 3. The third kappa shape index (κ3) is 5.36. The molecule has 0 rings (SSSR count). The van der Waals surface area contributed by atoms with Crippen molar-refractivity contribution in [2.75, 3.05) is 13.1 Å². The fourth-order valence-corrected chi connectivity index (χ4v) is 1.56. The van der Waals surface area contributed by atoms with E-state index in [4.69, 9.17) is 18.1 Å². The molecule has 0 aromatic carbocycles. The lowest BCUT2D eigenvalue weighted by Crippen LogP contribution is -2.46. The lowest BCUT2D eigenvalue weighted by Gasteiger charge is -2.30. The van der Waals surface area contributed by atoms with E-state index < -0.39 is 0 Å². The molecule has 0 aromatic rings. The molecule has 0 aliphatic rings. The van der Waals surface area contributed by atoms with Gasteiger partial charge in [0.25, 0.3) is 0 Å². The van der Waals surface area contributed by atoms with Gasteiger partial charge >= 0.3 is 0 Å². The summed E-state index contributed by atoms with van der Waals surface area (Å²) < 4.78 is 0. The molecule has 0 bridgehead atoms.